The molecule has 0 amide bonds. The maximum Gasteiger partial charge on any atom is 0.472 e. The second-order valence-electron chi connectivity index (χ2n) is 19.4. The van der Waals surface area contributed by atoms with Crippen LogP contribution in [0.15, 0.2) is 60.8 Å². The molecule has 0 rings (SSSR count). The maximum atomic E-state index is 12.9. The Hall–Kier alpha value is -2.82. The topological polar surface area (TPSA) is 155 Å². The highest BCUT2D eigenvalue weighted by Crippen LogP contribution is 2.43. The van der Waals surface area contributed by atoms with Gasteiger partial charge in [0.2, 0.25) is 0 Å². The smallest absolute Gasteiger partial charge is 0.462 e. The molecule has 0 spiro atoms. The van der Waals surface area contributed by atoms with Gasteiger partial charge in [0, 0.05) is 19.3 Å². The van der Waals surface area contributed by atoms with Crippen molar-refractivity contribution in [1.29, 1.82) is 0 Å². The highest BCUT2D eigenvalue weighted by molar-refractivity contribution is 7.47. The average Bonchev–Trinajstić information content (AvgIpc) is 3.37. The number of esters is 3. The van der Waals surface area contributed by atoms with Crippen LogP contribution < -0.4 is 0 Å². The third-order valence-electron chi connectivity index (χ3n) is 12.4. The first kappa shape index (κ1) is 69.2. The summed E-state index contributed by atoms with van der Waals surface area (Å²) in [5.74, 6) is -1.51. The molecule has 11 nitrogen and oxygen atoms in total. The largest absolute Gasteiger partial charge is 0.472 e. The van der Waals surface area contributed by atoms with E-state index in [0.717, 1.165) is 96.3 Å². The van der Waals surface area contributed by atoms with E-state index in [0.29, 0.717) is 19.3 Å². The van der Waals surface area contributed by atoms with E-state index in [2.05, 4.69) is 81.5 Å². The zero-order chi connectivity index (χ0) is 52.7. The predicted octanol–water partition coefficient (Wildman–Crippen LogP) is 17.1. The zero-order valence-electron chi connectivity index (χ0n) is 46.1. The van der Waals surface area contributed by atoms with Crippen LogP contribution in [0.25, 0.3) is 0 Å². The van der Waals surface area contributed by atoms with Gasteiger partial charge in [-0.15, -0.1) is 0 Å². The number of allylic oxidation sites excluding steroid dienone is 10. The van der Waals surface area contributed by atoms with Crippen molar-refractivity contribution in [3.8, 4) is 0 Å². The van der Waals surface area contributed by atoms with Crippen molar-refractivity contribution in [2.75, 3.05) is 26.4 Å². The van der Waals surface area contributed by atoms with E-state index in [1.807, 2.05) is 0 Å². The lowest BCUT2D eigenvalue weighted by Crippen LogP contribution is -2.30. The van der Waals surface area contributed by atoms with Crippen LogP contribution in [0.1, 0.15) is 265 Å². The van der Waals surface area contributed by atoms with Crippen molar-refractivity contribution < 1.29 is 52.2 Å². The molecule has 72 heavy (non-hydrogen) atoms. The lowest BCUT2D eigenvalue weighted by Gasteiger charge is -2.21. The molecule has 0 bridgehead atoms. The Morgan fingerprint density at radius 1 is 0.403 bits per heavy atom. The SMILES string of the molecule is CC/C=C\C/C=C\C/C=C\C/C=C\CCCCC(=O)OCC(COP(=O)(O)OCC(CO)OC(=O)CCCCCCC/C=C\CCCCCC)OC(=O)CCCCCCCCCCCCCCCCCCC. The van der Waals surface area contributed by atoms with E-state index in [9.17, 15) is 28.9 Å². The molecule has 3 atom stereocenters. The third-order valence-corrected chi connectivity index (χ3v) is 13.4. The Morgan fingerprint density at radius 2 is 0.722 bits per heavy atom. The summed E-state index contributed by atoms with van der Waals surface area (Å²) in [6.45, 7) is 4.49. The van der Waals surface area contributed by atoms with Crippen molar-refractivity contribution in [3.63, 3.8) is 0 Å². The standard InChI is InChI=1S/C60H107O11P/c1-4-7-10-13-16-19-22-25-27-28-30-33-36-39-42-45-48-51-60(64)71-57(53-67-58(62)49-46-43-40-37-34-32-29-26-23-20-17-14-11-8-5-2)55-69-72(65,66)68-54-56(52-61)70-59(63)50-47-44-41-38-35-31-24-21-18-15-12-9-6-3/h8,11,17,20-21,24,26,29,34,37,56-57,61H,4-7,9-10,12-16,18-19,22-23,25,27-28,30-33,35-36,38-55H2,1-3H3,(H,65,66)/b11-8-,20-17-,24-21-,29-26-,37-34-. The number of ether oxygens (including phenoxy) is 3. The van der Waals surface area contributed by atoms with Crippen LogP contribution in [-0.4, -0.2) is 66.5 Å². The second kappa shape index (κ2) is 54.4. The van der Waals surface area contributed by atoms with Crippen LogP contribution in [0.5, 0.6) is 0 Å². The van der Waals surface area contributed by atoms with E-state index in [1.54, 1.807) is 0 Å². The summed E-state index contributed by atoms with van der Waals surface area (Å²) in [7, 11) is -4.76. The summed E-state index contributed by atoms with van der Waals surface area (Å²) in [6, 6.07) is 0. The van der Waals surface area contributed by atoms with Gasteiger partial charge >= 0.3 is 25.7 Å². The summed E-state index contributed by atoms with van der Waals surface area (Å²) in [6.07, 6.45) is 59.0. The molecule has 0 fully saturated rings. The van der Waals surface area contributed by atoms with E-state index in [1.165, 1.54) is 109 Å². The Balaban J connectivity index is 4.76. The summed E-state index contributed by atoms with van der Waals surface area (Å²) in [5, 5.41) is 9.80. The molecule has 0 aliphatic rings. The molecule has 0 aromatic rings. The first-order valence-corrected chi connectivity index (χ1v) is 30.7. The quantitative estimate of drug-likeness (QED) is 0.0197. The number of rotatable bonds is 54. The molecule has 2 N–H and O–H groups in total. The fourth-order valence-corrected chi connectivity index (χ4v) is 8.77. The van der Waals surface area contributed by atoms with Gasteiger partial charge in [0.15, 0.2) is 6.10 Å². The predicted molar refractivity (Wildman–Crippen MR) is 298 cm³/mol. The van der Waals surface area contributed by atoms with Crippen molar-refractivity contribution in [3.05, 3.63) is 60.8 Å². The molecule has 12 heteroatoms. The number of aliphatic hydroxyl groups excluding tert-OH is 1. The van der Waals surface area contributed by atoms with Gasteiger partial charge in [-0.3, -0.25) is 23.4 Å². The van der Waals surface area contributed by atoms with Crippen LogP contribution in [0, 0.1) is 0 Å². The zero-order valence-corrected chi connectivity index (χ0v) is 47.0. The molecular weight excluding hydrogens is 928 g/mol. The van der Waals surface area contributed by atoms with Gasteiger partial charge in [-0.25, -0.2) is 4.57 Å². The van der Waals surface area contributed by atoms with Crippen molar-refractivity contribution in [1.82, 2.24) is 0 Å². The Kier molecular flexibility index (Phi) is 52.3. The highest BCUT2D eigenvalue weighted by atomic mass is 31.2. The monoisotopic (exact) mass is 1030 g/mol. The van der Waals surface area contributed by atoms with Crippen molar-refractivity contribution in [2.45, 2.75) is 277 Å². The van der Waals surface area contributed by atoms with Crippen LogP contribution in [-0.2, 0) is 42.2 Å². The van der Waals surface area contributed by atoms with Crippen molar-refractivity contribution in [2.24, 2.45) is 0 Å². The second-order valence-corrected chi connectivity index (χ2v) is 20.9. The first-order chi connectivity index (χ1) is 35.2. The Bertz CT molecular complexity index is 1440. The normalized spacial score (nSPS) is 13.8. The molecule has 418 valence electrons. The molecule has 3 unspecified atom stereocenters. The van der Waals surface area contributed by atoms with Gasteiger partial charge in [-0.1, -0.05) is 223 Å². The number of hydrogen-bond acceptors (Lipinski definition) is 10. The summed E-state index contributed by atoms with van der Waals surface area (Å²) < 4.78 is 39.5. The maximum absolute atomic E-state index is 12.9. The summed E-state index contributed by atoms with van der Waals surface area (Å²) in [5.41, 5.74) is 0. The summed E-state index contributed by atoms with van der Waals surface area (Å²) >= 11 is 0. The van der Waals surface area contributed by atoms with Crippen LogP contribution in [0.3, 0.4) is 0 Å². The third kappa shape index (κ3) is 52.1. The number of hydrogen-bond donors (Lipinski definition) is 2. The number of phosphoric acid groups is 1. The minimum Gasteiger partial charge on any atom is -0.462 e. The lowest BCUT2D eigenvalue weighted by molar-refractivity contribution is -0.161. The molecule has 0 aliphatic carbocycles. The Labute approximate surface area is 440 Å². The number of aliphatic hydroxyl groups is 1. The molecule has 0 saturated carbocycles. The van der Waals surface area contributed by atoms with Crippen molar-refractivity contribution >= 4 is 25.7 Å². The number of carbonyl (C=O) groups excluding carboxylic acids is 3. The molecule has 0 aromatic heterocycles. The van der Waals surface area contributed by atoms with Gasteiger partial charge in [0.05, 0.1) is 19.8 Å². The highest BCUT2D eigenvalue weighted by Gasteiger charge is 2.28. The fourth-order valence-electron chi connectivity index (χ4n) is 7.99. The molecule has 0 heterocycles. The van der Waals surface area contributed by atoms with E-state index < -0.39 is 57.8 Å². The fraction of sp³-hybridized carbons (Fsp3) is 0.783. The van der Waals surface area contributed by atoms with Crippen LogP contribution in [0.2, 0.25) is 0 Å². The minimum atomic E-state index is -4.76. The number of phosphoric ester groups is 1. The summed E-state index contributed by atoms with van der Waals surface area (Å²) in [4.78, 5) is 48.5. The van der Waals surface area contributed by atoms with E-state index >= 15 is 0 Å². The first-order valence-electron chi connectivity index (χ1n) is 29.2. The van der Waals surface area contributed by atoms with Crippen LogP contribution in [0.4, 0.5) is 0 Å². The van der Waals surface area contributed by atoms with Gasteiger partial charge in [0.25, 0.3) is 0 Å². The molecular formula is C60H107O11P. The van der Waals surface area contributed by atoms with E-state index in [-0.39, 0.29) is 25.9 Å². The van der Waals surface area contributed by atoms with E-state index in [4.69, 9.17) is 23.3 Å². The number of carbonyl (C=O) groups is 3. The lowest BCUT2D eigenvalue weighted by atomic mass is 10.0. The van der Waals surface area contributed by atoms with Crippen LogP contribution >= 0.6 is 7.82 Å². The van der Waals surface area contributed by atoms with Gasteiger partial charge in [0.1, 0.15) is 12.7 Å². The Morgan fingerprint density at radius 3 is 1.17 bits per heavy atom. The van der Waals surface area contributed by atoms with Gasteiger partial charge < -0.3 is 24.2 Å². The molecule has 0 aromatic carbocycles. The molecule has 0 saturated heterocycles. The minimum absolute atomic E-state index is 0.161. The van der Waals surface area contributed by atoms with Gasteiger partial charge in [-0.05, 0) is 83.5 Å². The van der Waals surface area contributed by atoms with Gasteiger partial charge in [-0.2, -0.15) is 0 Å². The average molecular weight is 1040 g/mol. The molecule has 0 radical (unpaired) electrons. The molecule has 0 aliphatic heterocycles. The number of unbranched alkanes of at least 4 members (excludes halogenated alkanes) is 27.